The van der Waals surface area contributed by atoms with Gasteiger partial charge in [-0.2, -0.15) is 5.10 Å². The van der Waals surface area contributed by atoms with Crippen LogP contribution in [0.2, 0.25) is 0 Å². The van der Waals surface area contributed by atoms with E-state index in [2.05, 4.69) is 39.9 Å². The smallest absolute Gasteiger partial charge is 0.283 e. The van der Waals surface area contributed by atoms with Gasteiger partial charge in [-0.25, -0.2) is 5.84 Å². The number of nitrogen functional groups attached to an aromatic ring is 1. The molecule has 0 aliphatic rings. The summed E-state index contributed by atoms with van der Waals surface area (Å²) in [6.07, 6.45) is 1.96. The number of carbonyl (C=O) groups is 1. The van der Waals surface area contributed by atoms with Crippen molar-refractivity contribution in [1.82, 2.24) is 15.6 Å². The highest BCUT2D eigenvalue weighted by atomic mass is 16.5. The third kappa shape index (κ3) is 4.10. The first-order valence-electron chi connectivity index (χ1n) is 8.52. The molecule has 0 saturated carbocycles. The molecule has 3 rings (SSSR count). The number of aryl methyl sites for hydroxylation is 1. The molecule has 0 atom stereocenters. The molecule has 0 saturated heterocycles. The number of ether oxygens (including phenoxy) is 1. The quantitative estimate of drug-likeness (QED) is 0.264. The third-order valence-electron chi connectivity index (χ3n) is 4.22. The Morgan fingerprint density at radius 2 is 1.88 bits per heavy atom. The summed E-state index contributed by atoms with van der Waals surface area (Å²) in [5, 5.41) is 6.93. The van der Waals surface area contributed by atoms with Crippen LogP contribution in [0.15, 0.2) is 54.6 Å². The minimum atomic E-state index is -0.389. The third-order valence-corrected chi connectivity index (χ3v) is 4.22. The van der Waals surface area contributed by atoms with E-state index >= 15 is 0 Å². The van der Waals surface area contributed by atoms with Gasteiger partial charge in [0, 0.05) is 11.1 Å². The molecule has 1 amide bonds. The maximum atomic E-state index is 11.7. The first kappa shape index (κ1) is 17.7. The lowest BCUT2D eigenvalue weighted by molar-refractivity contribution is 0.0948. The predicted octanol–water partition coefficient (Wildman–Crippen LogP) is 3.00. The molecule has 134 valence electrons. The van der Waals surface area contributed by atoms with Crippen LogP contribution in [-0.2, 0) is 6.42 Å². The van der Waals surface area contributed by atoms with Crippen molar-refractivity contribution in [3.05, 3.63) is 71.4 Å². The minimum absolute atomic E-state index is 0.365. The number of amides is 1. The minimum Gasteiger partial charge on any atom is -0.494 e. The molecule has 4 N–H and O–H groups in total. The maximum absolute atomic E-state index is 11.7. The monoisotopic (exact) mass is 350 g/mol. The molecule has 26 heavy (non-hydrogen) atoms. The molecular formula is C20H22N4O2. The zero-order valence-corrected chi connectivity index (χ0v) is 14.7. The highest BCUT2D eigenvalue weighted by Crippen LogP contribution is 2.25. The van der Waals surface area contributed by atoms with Crippen LogP contribution in [0.3, 0.4) is 0 Å². The van der Waals surface area contributed by atoms with E-state index in [1.807, 2.05) is 37.3 Å². The van der Waals surface area contributed by atoms with Gasteiger partial charge < -0.3 is 4.74 Å². The van der Waals surface area contributed by atoms with Crippen molar-refractivity contribution in [2.24, 2.45) is 5.84 Å². The van der Waals surface area contributed by atoms with Crippen LogP contribution in [-0.4, -0.2) is 22.7 Å². The molecular weight excluding hydrogens is 328 g/mol. The molecule has 0 aliphatic heterocycles. The lowest BCUT2D eigenvalue weighted by Crippen LogP contribution is -2.30. The van der Waals surface area contributed by atoms with Crippen molar-refractivity contribution in [1.29, 1.82) is 0 Å². The number of rotatable bonds is 7. The van der Waals surface area contributed by atoms with Crippen molar-refractivity contribution in [2.75, 3.05) is 6.61 Å². The molecule has 0 fully saturated rings. The Labute approximate surface area is 152 Å². The number of aromatic nitrogens is 2. The lowest BCUT2D eigenvalue weighted by atomic mass is 10.1. The Morgan fingerprint density at radius 3 is 2.58 bits per heavy atom. The second-order valence-electron chi connectivity index (χ2n) is 6.01. The van der Waals surface area contributed by atoms with Gasteiger partial charge in [0.25, 0.3) is 5.91 Å². The summed E-state index contributed by atoms with van der Waals surface area (Å²) in [6.45, 7) is 2.49. The first-order valence-corrected chi connectivity index (χ1v) is 8.52. The fourth-order valence-corrected chi connectivity index (χ4v) is 2.79. The molecule has 1 aromatic heterocycles. The van der Waals surface area contributed by atoms with Crippen LogP contribution in [0.25, 0.3) is 11.3 Å². The highest BCUT2D eigenvalue weighted by Gasteiger charge is 2.15. The predicted molar refractivity (Wildman–Crippen MR) is 101 cm³/mol. The van der Waals surface area contributed by atoms with E-state index in [9.17, 15) is 4.79 Å². The van der Waals surface area contributed by atoms with Gasteiger partial charge in [0.1, 0.15) is 11.4 Å². The van der Waals surface area contributed by atoms with Crippen LogP contribution in [0.1, 0.15) is 28.0 Å². The van der Waals surface area contributed by atoms with Crippen LogP contribution in [0.4, 0.5) is 0 Å². The fraction of sp³-hybridized carbons (Fsp3) is 0.200. The molecule has 0 unspecified atom stereocenters. The zero-order valence-electron chi connectivity index (χ0n) is 14.7. The van der Waals surface area contributed by atoms with Crippen molar-refractivity contribution in [3.8, 4) is 17.0 Å². The molecule has 0 radical (unpaired) electrons. The highest BCUT2D eigenvalue weighted by molar-refractivity contribution is 5.94. The van der Waals surface area contributed by atoms with Gasteiger partial charge >= 0.3 is 0 Å². The largest absolute Gasteiger partial charge is 0.494 e. The van der Waals surface area contributed by atoms with E-state index in [1.165, 1.54) is 5.56 Å². The van der Waals surface area contributed by atoms with Crippen molar-refractivity contribution >= 4 is 5.91 Å². The lowest BCUT2D eigenvalue weighted by Gasteiger charge is -2.07. The Hall–Kier alpha value is -3.12. The average molecular weight is 350 g/mol. The van der Waals surface area contributed by atoms with Crippen LogP contribution >= 0.6 is 0 Å². The summed E-state index contributed by atoms with van der Waals surface area (Å²) in [6, 6.07) is 18.1. The Balaban J connectivity index is 1.57. The molecule has 6 heteroatoms. The number of H-pyrrole nitrogens is 1. The molecule has 3 aromatic rings. The number of hydrogen-bond acceptors (Lipinski definition) is 4. The van der Waals surface area contributed by atoms with Crippen LogP contribution < -0.4 is 16.0 Å². The van der Waals surface area contributed by atoms with Crippen molar-refractivity contribution < 1.29 is 9.53 Å². The second-order valence-corrected chi connectivity index (χ2v) is 6.01. The molecule has 0 bridgehead atoms. The van der Waals surface area contributed by atoms with Gasteiger partial charge in [0.05, 0.1) is 12.3 Å². The molecule has 6 nitrogen and oxygen atoms in total. The number of benzene rings is 2. The number of hydrogen-bond donors (Lipinski definition) is 3. The van der Waals surface area contributed by atoms with Gasteiger partial charge in [0.2, 0.25) is 0 Å². The van der Waals surface area contributed by atoms with Crippen LogP contribution in [0, 0.1) is 6.92 Å². The topological polar surface area (TPSA) is 93.0 Å². The number of carbonyl (C=O) groups excluding carboxylic acids is 1. The van der Waals surface area contributed by atoms with Gasteiger partial charge in [-0.3, -0.25) is 15.3 Å². The summed E-state index contributed by atoms with van der Waals surface area (Å²) < 4.78 is 5.80. The van der Waals surface area contributed by atoms with Gasteiger partial charge in [-0.05, 0) is 49.6 Å². The molecule has 1 heterocycles. The maximum Gasteiger partial charge on any atom is 0.283 e. The average Bonchev–Trinajstić information content (AvgIpc) is 3.07. The summed E-state index contributed by atoms with van der Waals surface area (Å²) in [5.74, 6) is 5.60. The Bertz CT molecular complexity index is 857. The fourth-order valence-electron chi connectivity index (χ4n) is 2.79. The molecule has 0 spiro atoms. The SMILES string of the molecule is Cc1c(-c2ccc(OCCCc3ccccc3)cc2)n[nH]c1C(=O)NN. The van der Waals surface area contributed by atoms with Gasteiger partial charge in [-0.15, -0.1) is 0 Å². The first-order chi connectivity index (χ1) is 12.7. The number of nitrogens with one attached hydrogen (secondary N) is 2. The number of nitrogens with zero attached hydrogens (tertiary/aromatic N) is 1. The Kier molecular flexibility index (Phi) is 5.66. The number of aromatic amines is 1. The molecule has 2 aromatic carbocycles. The summed E-state index contributed by atoms with van der Waals surface area (Å²) >= 11 is 0. The summed E-state index contributed by atoms with van der Waals surface area (Å²) in [7, 11) is 0. The van der Waals surface area contributed by atoms with Gasteiger partial charge in [-0.1, -0.05) is 30.3 Å². The van der Waals surface area contributed by atoms with E-state index in [0.717, 1.165) is 35.4 Å². The second kappa shape index (κ2) is 8.31. The Morgan fingerprint density at radius 1 is 1.15 bits per heavy atom. The number of hydrazine groups is 1. The van der Waals surface area contributed by atoms with Crippen LogP contribution in [0.5, 0.6) is 5.75 Å². The normalized spacial score (nSPS) is 10.5. The van der Waals surface area contributed by atoms with E-state index < -0.39 is 0 Å². The zero-order chi connectivity index (χ0) is 18.4. The van der Waals surface area contributed by atoms with E-state index in [0.29, 0.717) is 12.3 Å². The standard InChI is InChI=1S/C20H22N4O2/c1-14-18(23-24-19(14)20(25)22-21)16-9-11-17(12-10-16)26-13-5-8-15-6-3-2-4-7-15/h2-4,6-7,9-12H,5,8,13,21H2,1H3,(H,22,25)(H,23,24). The molecule has 0 aliphatic carbocycles. The summed E-state index contributed by atoms with van der Waals surface area (Å²) in [5.41, 5.74) is 6.17. The van der Waals surface area contributed by atoms with E-state index in [1.54, 1.807) is 0 Å². The van der Waals surface area contributed by atoms with E-state index in [4.69, 9.17) is 10.6 Å². The van der Waals surface area contributed by atoms with E-state index in [-0.39, 0.29) is 5.91 Å². The number of nitrogens with two attached hydrogens (primary N) is 1. The van der Waals surface area contributed by atoms with Crippen molar-refractivity contribution in [2.45, 2.75) is 19.8 Å². The van der Waals surface area contributed by atoms with Gasteiger partial charge in [0.15, 0.2) is 0 Å². The van der Waals surface area contributed by atoms with Crippen molar-refractivity contribution in [3.63, 3.8) is 0 Å². The summed E-state index contributed by atoms with van der Waals surface area (Å²) in [4.78, 5) is 11.7.